The van der Waals surface area contributed by atoms with Gasteiger partial charge >= 0.3 is 5.97 Å². The lowest BCUT2D eigenvalue weighted by molar-refractivity contribution is -0.128. The minimum absolute atomic E-state index is 0.310. The average molecular weight is 523 g/mol. The Bertz CT molecular complexity index is 1380. The van der Waals surface area contributed by atoms with Crippen LogP contribution in [0.5, 0.6) is 11.5 Å². The third-order valence-electron chi connectivity index (χ3n) is 5.94. The van der Waals surface area contributed by atoms with Crippen LogP contribution in [0.2, 0.25) is 0 Å². The standard InChI is InChI=1S/C33H31FN2O3/c1-2-3-4-5-24-38-31-19-6-25(7-20-31)8-23-33(37)39-32-21-11-27(12-22-32)26-9-15-29(16-10-26)35-36-30-17-13-28(34)14-18-30/h6-23H,2-5,24H2,1H3/b23-8+,36-35?. The van der Waals surface area contributed by atoms with Crippen molar-refractivity contribution in [3.63, 3.8) is 0 Å². The molecule has 0 atom stereocenters. The van der Waals surface area contributed by atoms with E-state index in [-0.39, 0.29) is 5.82 Å². The molecule has 198 valence electrons. The largest absolute Gasteiger partial charge is 0.494 e. The molecule has 0 aliphatic heterocycles. The Balaban J connectivity index is 1.26. The van der Waals surface area contributed by atoms with E-state index in [2.05, 4.69) is 17.2 Å². The molecule has 0 amide bonds. The highest BCUT2D eigenvalue weighted by molar-refractivity contribution is 5.88. The van der Waals surface area contributed by atoms with Crippen molar-refractivity contribution < 1.29 is 18.7 Å². The van der Waals surface area contributed by atoms with Crippen molar-refractivity contribution in [2.45, 2.75) is 32.6 Å². The van der Waals surface area contributed by atoms with Crippen LogP contribution in [0.1, 0.15) is 38.2 Å². The maximum atomic E-state index is 13.0. The second-order valence-electron chi connectivity index (χ2n) is 8.98. The summed E-state index contributed by atoms with van der Waals surface area (Å²) in [6.45, 7) is 2.91. The molecule has 6 heteroatoms. The molecule has 4 aromatic carbocycles. The lowest BCUT2D eigenvalue weighted by Gasteiger charge is -2.06. The molecule has 0 saturated carbocycles. The number of nitrogens with zero attached hydrogens (tertiary/aromatic N) is 2. The Morgan fingerprint density at radius 2 is 1.28 bits per heavy atom. The number of carbonyl (C=O) groups excluding carboxylic acids is 1. The van der Waals surface area contributed by atoms with Gasteiger partial charge in [-0.25, -0.2) is 9.18 Å². The highest BCUT2D eigenvalue weighted by atomic mass is 19.1. The van der Waals surface area contributed by atoms with Crippen LogP contribution in [-0.2, 0) is 4.79 Å². The van der Waals surface area contributed by atoms with Crippen LogP contribution in [-0.4, -0.2) is 12.6 Å². The topological polar surface area (TPSA) is 60.2 Å². The van der Waals surface area contributed by atoms with Crippen LogP contribution in [0, 0.1) is 5.82 Å². The molecule has 4 aromatic rings. The van der Waals surface area contributed by atoms with Crippen molar-refractivity contribution >= 4 is 23.4 Å². The van der Waals surface area contributed by atoms with Gasteiger partial charge in [0.05, 0.1) is 18.0 Å². The predicted molar refractivity (Wildman–Crippen MR) is 153 cm³/mol. The summed E-state index contributed by atoms with van der Waals surface area (Å²) in [5.41, 5.74) is 4.12. The van der Waals surface area contributed by atoms with Gasteiger partial charge in [-0.05, 0) is 89.9 Å². The Morgan fingerprint density at radius 3 is 1.90 bits per heavy atom. The lowest BCUT2D eigenvalue weighted by Crippen LogP contribution is -2.03. The number of esters is 1. The van der Waals surface area contributed by atoms with Crippen LogP contribution in [0.4, 0.5) is 15.8 Å². The van der Waals surface area contributed by atoms with E-state index in [1.165, 1.54) is 37.5 Å². The number of hydrogen-bond acceptors (Lipinski definition) is 5. The number of carbonyl (C=O) groups is 1. The summed E-state index contributed by atoms with van der Waals surface area (Å²) in [6.07, 6.45) is 7.81. The Labute approximate surface area is 228 Å². The van der Waals surface area contributed by atoms with Gasteiger partial charge in [-0.3, -0.25) is 0 Å². The third-order valence-corrected chi connectivity index (χ3v) is 5.94. The summed E-state index contributed by atoms with van der Waals surface area (Å²) >= 11 is 0. The zero-order valence-corrected chi connectivity index (χ0v) is 21.9. The van der Waals surface area contributed by atoms with E-state index in [1.54, 1.807) is 30.3 Å². The predicted octanol–water partition coefficient (Wildman–Crippen LogP) is 9.49. The van der Waals surface area contributed by atoms with E-state index in [0.717, 1.165) is 35.5 Å². The van der Waals surface area contributed by atoms with Gasteiger partial charge in [0.1, 0.15) is 17.3 Å². The fourth-order valence-corrected chi connectivity index (χ4v) is 3.77. The molecule has 4 rings (SSSR count). The highest BCUT2D eigenvalue weighted by Gasteiger charge is 2.03. The molecule has 0 spiro atoms. The van der Waals surface area contributed by atoms with Gasteiger partial charge in [0.15, 0.2) is 0 Å². The normalized spacial score (nSPS) is 11.2. The van der Waals surface area contributed by atoms with E-state index in [4.69, 9.17) is 9.47 Å². The average Bonchev–Trinajstić information content (AvgIpc) is 2.97. The second kappa shape index (κ2) is 14.4. The van der Waals surface area contributed by atoms with Crippen molar-refractivity contribution in [2.75, 3.05) is 6.61 Å². The van der Waals surface area contributed by atoms with Gasteiger partial charge in [-0.1, -0.05) is 62.6 Å². The number of halogens is 1. The first kappa shape index (κ1) is 27.5. The first-order valence-electron chi connectivity index (χ1n) is 13.1. The number of ether oxygens (including phenoxy) is 2. The van der Waals surface area contributed by atoms with Gasteiger partial charge in [0, 0.05) is 6.08 Å². The maximum Gasteiger partial charge on any atom is 0.336 e. The summed E-state index contributed by atoms with van der Waals surface area (Å²) in [4.78, 5) is 12.3. The van der Waals surface area contributed by atoms with Crippen molar-refractivity contribution in [1.82, 2.24) is 0 Å². The molecule has 0 saturated heterocycles. The molecule has 0 aliphatic rings. The Morgan fingerprint density at radius 1 is 0.718 bits per heavy atom. The van der Waals surface area contributed by atoms with Crippen LogP contribution in [0.15, 0.2) is 113 Å². The van der Waals surface area contributed by atoms with Crippen molar-refractivity contribution in [3.05, 3.63) is 115 Å². The van der Waals surface area contributed by atoms with E-state index >= 15 is 0 Å². The SMILES string of the molecule is CCCCCCOc1ccc(/C=C/C(=O)Oc2ccc(-c3ccc(N=Nc4ccc(F)cc4)cc3)cc2)cc1. The van der Waals surface area contributed by atoms with E-state index < -0.39 is 5.97 Å². The quantitative estimate of drug-likeness (QED) is 0.0612. The molecule has 0 fully saturated rings. The van der Waals surface area contributed by atoms with Crippen LogP contribution in [0.3, 0.4) is 0 Å². The lowest BCUT2D eigenvalue weighted by atomic mass is 10.1. The van der Waals surface area contributed by atoms with E-state index in [0.29, 0.717) is 17.1 Å². The highest BCUT2D eigenvalue weighted by Crippen LogP contribution is 2.26. The number of unbranched alkanes of at least 4 members (excludes halogenated alkanes) is 3. The fraction of sp³-hybridized carbons (Fsp3) is 0.182. The van der Waals surface area contributed by atoms with Gasteiger partial charge in [-0.2, -0.15) is 10.2 Å². The molecule has 0 unspecified atom stereocenters. The molecule has 0 heterocycles. The first-order chi connectivity index (χ1) is 19.1. The van der Waals surface area contributed by atoms with Gasteiger partial charge < -0.3 is 9.47 Å². The Kier molecular flexibility index (Phi) is 10.1. The van der Waals surface area contributed by atoms with Crippen LogP contribution < -0.4 is 9.47 Å². The molecule has 0 radical (unpaired) electrons. The van der Waals surface area contributed by atoms with Crippen molar-refractivity contribution in [3.8, 4) is 22.6 Å². The molecule has 0 aliphatic carbocycles. The number of hydrogen-bond donors (Lipinski definition) is 0. The van der Waals surface area contributed by atoms with E-state index in [1.807, 2.05) is 60.7 Å². The van der Waals surface area contributed by atoms with Crippen LogP contribution in [0.25, 0.3) is 17.2 Å². The maximum absolute atomic E-state index is 13.0. The summed E-state index contributed by atoms with van der Waals surface area (Å²) in [7, 11) is 0. The molecular weight excluding hydrogens is 491 g/mol. The zero-order valence-electron chi connectivity index (χ0n) is 21.9. The summed E-state index contributed by atoms with van der Waals surface area (Å²) < 4.78 is 24.2. The molecule has 0 aromatic heterocycles. The minimum Gasteiger partial charge on any atom is -0.494 e. The van der Waals surface area contributed by atoms with Gasteiger partial charge in [-0.15, -0.1) is 0 Å². The van der Waals surface area contributed by atoms with Crippen LogP contribution >= 0.6 is 0 Å². The zero-order chi connectivity index (χ0) is 27.3. The van der Waals surface area contributed by atoms with Gasteiger partial charge in [0.25, 0.3) is 0 Å². The van der Waals surface area contributed by atoms with Crippen molar-refractivity contribution in [2.24, 2.45) is 10.2 Å². The third kappa shape index (κ3) is 9.04. The van der Waals surface area contributed by atoms with E-state index in [9.17, 15) is 9.18 Å². The second-order valence-corrected chi connectivity index (χ2v) is 8.98. The fourth-order valence-electron chi connectivity index (χ4n) is 3.77. The molecular formula is C33H31FN2O3. The summed E-state index contributed by atoms with van der Waals surface area (Å²) in [5, 5.41) is 8.30. The number of benzene rings is 4. The monoisotopic (exact) mass is 522 g/mol. The Hall–Kier alpha value is -4.58. The summed E-state index contributed by atoms with van der Waals surface area (Å²) in [5.74, 6) is 0.533. The van der Waals surface area contributed by atoms with Gasteiger partial charge in [0.2, 0.25) is 0 Å². The summed E-state index contributed by atoms with van der Waals surface area (Å²) in [6, 6.07) is 28.4. The molecule has 5 nitrogen and oxygen atoms in total. The number of azo groups is 1. The minimum atomic E-state index is -0.449. The molecule has 0 N–H and O–H groups in total. The molecule has 39 heavy (non-hydrogen) atoms. The molecule has 0 bridgehead atoms. The number of rotatable bonds is 12. The first-order valence-corrected chi connectivity index (χ1v) is 13.1. The van der Waals surface area contributed by atoms with Crippen molar-refractivity contribution in [1.29, 1.82) is 0 Å². The smallest absolute Gasteiger partial charge is 0.336 e.